The Kier molecular flexibility index (Phi) is 10.6. The Labute approximate surface area is 197 Å². The number of aliphatic imine (C=N–C) groups is 1. The number of nitrogens with two attached hydrogens (primary N) is 3. The second-order valence-electron chi connectivity index (χ2n) is 7.80. The van der Waals surface area contributed by atoms with E-state index in [0.717, 1.165) is 34.6 Å². The van der Waals surface area contributed by atoms with Gasteiger partial charge in [-0.05, 0) is 80.1 Å². The number of nitrogens with zero attached hydrogens (tertiary/aromatic N) is 2. The summed E-state index contributed by atoms with van der Waals surface area (Å²) < 4.78 is 0. The van der Waals surface area contributed by atoms with Gasteiger partial charge in [0.1, 0.15) is 0 Å². The minimum Gasteiger partial charge on any atom is -0.399 e. The molecule has 0 radical (unpaired) electrons. The average Bonchev–Trinajstić information content (AvgIpc) is 2.67. The van der Waals surface area contributed by atoms with Crippen molar-refractivity contribution in [2.45, 2.75) is 47.5 Å². The van der Waals surface area contributed by atoms with E-state index in [0.29, 0.717) is 22.8 Å². The third kappa shape index (κ3) is 9.02. The first kappa shape index (κ1) is 26.5. The first-order valence-corrected chi connectivity index (χ1v) is 11.0. The third-order valence-corrected chi connectivity index (χ3v) is 5.29. The maximum atomic E-state index is 5.76. The fourth-order valence-electron chi connectivity index (χ4n) is 2.90. The normalized spacial score (nSPS) is 10.5. The van der Waals surface area contributed by atoms with Crippen LogP contribution in [0, 0.1) is 27.7 Å². The monoisotopic (exact) mass is 457 g/mol. The van der Waals surface area contributed by atoms with Crippen molar-refractivity contribution in [1.82, 2.24) is 4.90 Å². The highest BCUT2D eigenvalue weighted by Crippen LogP contribution is 2.23. The number of benzene rings is 2. The highest BCUT2D eigenvalue weighted by Gasteiger charge is 2.05. The molecule has 0 saturated heterocycles. The molecule has 5 nitrogen and oxygen atoms in total. The van der Waals surface area contributed by atoms with Crippen molar-refractivity contribution in [2.24, 2.45) is 16.5 Å². The second kappa shape index (κ2) is 12.4. The van der Waals surface area contributed by atoms with Crippen LogP contribution in [0.2, 0.25) is 0 Å². The summed E-state index contributed by atoms with van der Waals surface area (Å²) in [6.45, 7) is 11.2. The lowest BCUT2D eigenvalue weighted by Gasteiger charge is -2.11. The predicted molar refractivity (Wildman–Crippen MR) is 144 cm³/mol. The van der Waals surface area contributed by atoms with Crippen molar-refractivity contribution in [3.63, 3.8) is 0 Å². The molecule has 7 heteroatoms. The summed E-state index contributed by atoms with van der Waals surface area (Å²) in [7, 11) is 2.01. The zero-order chi connectivity index (χ0) is 23.7. The molecule has 0 atom stereocenters. The van der Waals surface area contributed by atoms with Crippen LogP contribution in [0.15, 0.2) is 29.3 Å². The van der Waals surface area contributed by atoms with E-state index in [9.17, 15) is 0 Å². The molecule has 0 heterocycles. The van der Waals surface area contributed by atoms with Gasteiger partial charge >= 0.3 is 0 Å². The van der Waals surface area contributed by atoms with E-state index in [1.54, 1.807) is 0 Å². The van der Waals surface area contributed by atoms with E-state index in [4.69, 9.17) is 41.6 Å². The quantitative estimate of drug-likeness (QED) is 0.246. The van der Waals surface area contributed by atoms with E-state index < -0.39 is 0 Å². The molecule has 0 aliphatic rings. The Morgan fingerprint density at radius 1 is 0.871 bits per heavy atom. The van der Waals surface area contributed by atoms with Gasteiger partial charge < -0.3 is 22.1 Å². The van der Waals surface area contributed by atoms with Crippen LogP contribution in [0.3, 0.4) is 0 Å². The molecule has 2 rings (SSSR count). The Balaban J connectivity index is 0.000000327. The van der Waals surface area contributed by atoms with Gasteiger partial charge in [0.15, 0.2) is 0 Å². The Hall–Kier alpha value is -2.51. The number of hydrogen-bond donors (Lipinski definition) is 3. The summed E-state index contributed by atoms with van der Waals surface area (Å²) in [5.41, 5.74) is 25.6. The number of aryl methyl sites for hydroxylation is 4. The fraction of sp³-hybridized carbons (Fsp3) is 0.375. The van der Waals surface area contributed by atoms with Crippen LogP contribution in [0.1, 0.15) is 40.3 Å². The van der Waals surface area contributed by atoms with Crippen LogP contribution in [0.25, 0.3) is 0 Å². The molecule has 0 saturated carbocycles. The SMILES string of the molecule is CCN(C)C=Nc1cc(C)c(CC(N)=S)cc1C.Cc1cc(CC(N)=S)c(C)cc1N. The summed E-state index contributed by atoms with van der Waals surface area (Å²) in [4.78, 5) is 7.58. The zero-order valence-electron chi connectivity index (χ0n) is 19.5. The molecule has 2 aromatic rings. The van der Waals surface area contributed by atoms with Crippen molar-refractivity contribution in [3.05, 3.63) is 57.6 Å². The maximum Gasteiger partial charge on any atom is 0.0909 e. The fourth-order valence-corrected chi connectivity index (χ4v) is 3.21. The Morgan fingerprint density at radius 2 is 1.35 bits per heavy atom. The molecular weight excluding hydrogens is 422 g/mol. The van der Waals surface area contributed by atoms with Crippen LogP contribution in [-0.4, -0.2) is 34.8 Å². The molecule has 31 heavy (non-hydrogen) atoms. The Morgan fingerprint density at radius 3 is 1.84 bits per heavy atom. The first-order chi connectivity index (χ1) is 14.4. The third-order valence-electron chi connectivity index (χ3n) is 5.00. The van der Waals surface area contributed by atoms with Gasteiger partial charge in [0.2, 0.25) is 0 Å². The molecule has 0 aromatic heterocycles. The van der Waals surface area contributed by atoms with Crippen LogP contribution in [0.5, 0.6) is 0 Å². The molecule has 6 N–H and O–H groups in total. The van der Waals surface area contributed by atoms with Crippen molar-refractivity contribution < 1.29 is 0 Å². The van der Waals surface area contributed by atoms with Gasteiger partial charge in [0.05, 0.1) is 22.0 Å². The molecule has 0 fully saturated rings. The van der Waals surface area contributed by atoms with Gasteiger partial charge in [-0.1, -0.05) is 36.6 Å². The van der Waals surface area contributed by atoms with Crippen LogP contribution in [0.4, 0.5) is 11.4 Å². The molecule has 0 bridgehead atoms. The maximum absolute atomic E-state index is 5.76. The van der Waals surface area contributed by atoms with Crippen molar-refractivity contribution >= 4 is 52.1 Å². The molecule has 0 amide bonds. The van der Waals surface area contributed by atoms with Gasteiger partial charge in [0, 0.05) is 32.1 Å². The van der Waals surface area contributed by atoms with E-state index in [2.05, 4.69) is 37.9 Å². The van der Waals surface area contributed by atoms with Crippen LogP contribution >= 0.6 is 24.4 Å². The van der Waals surface area contributed by atoms with Gasteiger partial charge in [-0.15, -0.1) is 0 Å². The number of thiocarbonyl (C=S) groups is 2. The van der Waals surface area contributed by atoms with Gasteiger partial charge in [0.25, 0.3) is 0 Å². The standard InChI is InChI=1S/C14H21N3S.C10H14N2S/c1-5-17(4)9-16-13-7-10(2)12(6-11(13)3)8-14(15)18;1-6-4-9(11)7(2)3-8(6)5-10(12)13/h6-7,9H,5,8H2,1-4H3,(H2,15,18);3-4H,5,11H2,1-2H3,(H2,12,13). The molecule has 168 valence electrons. The average molecular weight is 458 g/mol. The van der Waals surface area contributed by atoms with Gasteiger partial charge in [-0.25, -0.2) is 4.99 Å². The zero-order valence-corrected chi connectivity index (χ0v) is 21.1. The molecule has 0 aliphatic carbocycles. The largest absolute Gasteiger partial charge is 0.399 e. The second-order valence-corrected chi connectivity index (χ2v) is 8.85. The van der Waals surface area contributed by atoms with E-state index in [-0.39, 0.29) is 0 Å². The molecule has 0 unspecified atom stereocenters. The highest BCUT2D eigenvalue weighted by atomic mass is 32.1. The number of anilines is 1. The van der Waals surface area contributed by atoms with Gasteiger partial charge in [-0.3, -0.25) is 0 Å². The van der Waals surface area contributed by atoms with E-state index in [1.807, 2.05) is 44.3 Å². The van der Waals surface area contributed by atoms with Crippen molar-refractivity contribution in [3.8, 4) is 0 Å². The lowest BCUT2D eigenvalue weighted by Crippen LogP contribution is -2.14. The molecule has 0 spiro atoms. The van der Waals surface area contributed by atoms with Crippen molar-refractivity contribution in [1.29, 1.82) is 0 Å². The number of nitrogen functional groups attached to an aromatic ring is 1. The minimum atomic E-state index is 0.521. The lowest BCUT2D eigenvalue weighted by molar-refractivity contribution is 0.552. The molecule has 2 aromatic carbocycles. The first-order valence-electron chi connectivity index (χ1n) is 10.2. The lowest BCUT2D eigenvalue weighted by atomic mass is 10.0. The number of hydrogen-bond acceptors (Lipinski definition) is 4. The Bertz CT molecular complexity index is 967. The summed E-state index contributed by atoms with van der Waals surface area (Å²) in [5.74, 6) is 0. The van der Waals surface area contributed by atoms with E-state index >= 15 is 0 Å². The van der Waals surface area contributed by atoms with Crippen molar-refractivity contribution in [2.75, 3.05) is 19.3 Å². The van der Waals surface area contributed by atoms with Crippen LogP contribution < -0.4 is 17.2 Å². The molecular formula is C24H35N5S2. The smallest absolute Gasteiger partial charge is 0.0909 e. The summed E-state index contributed by atoms with van der Waals surface area (Å²) in [5, 5.41) is 0. The highest BCUT2D eigenvalue weighted by molar-refractivity contribution is 7.80. The molecule has 0 aliphatic heterocycles. The summed E-state index contributed by atoms with van der Waals surface area (Å²) in [6, 6.07) is 8.21. The number of rotatable bonds is 7. The topological polar surface area (TPSA) is 93.7 Å². The summed E-state index contributed by atoms with van der Waals surface area (Å²) >= 11 is 9.82. The predicted octanol–water partition coefficient (Wildman–Crippen LogP) is 4.46. The summed E-state index contributed by atoms with van der Waals surface area (Å²) in [6.07, 6.45) is 3.16. The van der Waals surface area contributed by atoms with Gasteiger partial charge in [-0.2, -0.15) is 0 Å². The minimum absolute atomic E-state index is 0.521. The van der Waals surface area contributed by atoms with E-state index in [1.165, 1.54) is 16.7 Å². The van der Waals surface area contributed by atoms with Crippen LogP contribution in [-0.2, 0) is 12.8 Å².